The van der Waals surface area contributed by atoms with Crippen molar-refractivity contribution in [2.24, 2.45) is 0 Å². The summed E-state index contributed by atoms with van der Waals surface area (Å²) in [4.78, 5) is 18.0. The van der Waals surface area contributed by atoms with Crippen LogP contribution in [0.5, 0.6) is 5.75 Å². The lowest BCUT2D eigenvalue weighted by Gasteiger charge is -2.18. The molecule has 3 aromatic rings. The number of benzene rings is 2. The van der Waals surface area contributed by atoms with Crippen molar-refractivity contribution >= 4 is 5.91 Å². The molecule has 1 heterocycles. The molecule has 36 heavy (non-hydrogen) atoms. The summed E-state index contributed by atoms with van der Waals surface area (Å²) in [6.45, 7) is 8.32. The first kappa shape index (κ1) is 27.4. The number of nitrogens with zero attached hydrogens (tertiary/aromatic N) is 2. The fraction of sp³-hybridized carbons (Fsp3) is 0.393. The van der Waals surface area contributed by atoms with Gasteiger partial charge in [0.05, 0.1) is 25.0 Å². The molecular formula is C28H35FN3O4. The maximum atomic E-state index is 13.6. The zero-order valence-corrected chi connectivity index (χ0v) is 21.1. The zero-order chi connectivity index (χ0) is 26.2. The second kappa shape index (κ2) is 12.6. The van der Waals surface area contributed by atoms with Crippen molar-refractivity contribution < 1.29 is 24.1 Å². The Labute approximate surface area is 212 Å². The minimum absolute atomic E-state index is 0.0454. The van der Waals surface area contributed by atoms with E-state index in [1.54, 1.807) is 19.2 Å². The van der Waals surface area contributed by atoms with Crippen LogP contribution >= 0.6 is 0 Å². The number of rotatable bonds is 12. The van der Waals surface area contributed by atoms with E-state index in [0.717, 1.165) is 17.0 Å². The van der Waals surface area contributed by atoms with Crippen LogP contribution in [0.3, 0.4) is 0 Å². The van der Waals surface area contributed by atoms with Crippen molar-refractivity contribution in [3.05, 3.63) is 78.2 Å². The first-order valence-electron chi connectivity index (χ1n) is 12.2. The Balaban J connectivity index is 1.91. The number of hydrogen-bond acceptors (Lipinski definition) is 5. The van der Waals surface area contributed by atoms with Gasteiger partial charge in [-0.25, -0.2) is 9.37 Å². The molecule has 2 aromatic carbocycles. The summed E-state index contributed by atoms with van der Waals surface area (Å²) < 4.78 is 20.7. The van der Waals surface area contributed by atoms with E-state index in [1.807, 2.05) is 42.7 Å². The van der Waals surface area contributed by atoms with Gasteiger partial charge in [0, 0.05) is 18.7 Å². The summed E-state index contributed by atoms with van der Waals surface area (Å²) in [6, 6.07) is 13.4. The summed E-state index contributed by atoms with van der Waals surface area (Å²) in [7, 11) is 1.60. The molecule has 3 N–H and O–H groups in total. The summed E-state index contributed by atoms with van der Waals surface area (Å²) in [5, 5.41) is 23.2. The van der Waals surface area contributed by atoms with Gasteiger partial charge >= 0.3 is 0 Å². The predicted molar refractivity (Wildman–Crippen MR) is 137 cm³/mol. The smallest absolute Gasteiger partial charge is 0.272 e. The third kappa shape index (κ3) is 6.92. The Bertz CT molecular complexity index is 1130. The molecule has 2 atom stereocenters. The van der Waals surface area contributed by atoms with Crippen molar-refractivity contribution in [3.8, 4) is 17.1 Å². The number of aromatic nitrogens is 2. The van der Waals surface area contributed by atoms with Crippen LogP contribution in [0.2, 0.25) is 0 Å². The first-order valence-corrected chi connectivity index (χ1v) is 12.2. The standard InChI is InChI=1S/C28H35FN3O4/c1-5-22(33)16-23(34)14-15-32-26(18(2)3)25(31-27(32)20-8-10-21(29)11-9-20)28(35)30-17-19-6-12-24(36-4)13-7-19/h6-13,18,22-23,33-34H,1,5,14-17H2,2-4H3,(H,30,35). The third-order valence-electron chi connectivity index (χ3n) is 6.05. The largest absolute Gasteiger partial charge is 0.497 e. The number of nitrogens with one attached hydrogen (secondary N) is 1. The lowest BCUT2D eigenvalue weighted by atomic mass is 10.1. The minimum Gasteiger partial charge on any atom is -0.497 e. The van der Waals surface area contributed by atoms with Crippen LogP contribution < -0.4 is 10.1 Å². The first-order chi connectivity index (χ1) is 17.2. The molecule has 0 aliphatic heterocycles. The van der Waals surface area contributed by atoms with Crippen LogP contribution in [0.15, 0.2) is 48.5 Å². The van der Waals surface area contributed by atoms with Gasteiger partial charge in [0.15, 0.2) is 0 Å². The highest BCUT2D eigenvalue weighted by Crippen LogP contribution is 2.29. The van der Waals surface area contributed by atoms with Crippen molar-refractivity contribution in [1.82, 2.24) is 14.9 Å². The van der Waals surface area contributed by atoms with Crippen LogP contribution in [0.4, 0.5) is 4.39 Å². The molecule has 1 radical (unpaired) electrons. The maximum absolute atomic E-state index is 13.6. The molecule has 1 amide bonds. The molecule has 1 aromatic heterocycles. The highest BCUT2D eigenvalue weighted by molar-refractivity contribution is 5.94. The molecule has 0 spiro atoms. The molecule has 2 unspecified atom stereocenters. The molecule has 193 valence electrons. The molecule has 0 aliphatic carbocycles. The normalized spacial score (nSPS) is 13.0. The van der Waals surface area contributed by atoms with Crippen LogP contribution in [0.1, 0.15) is 60.8 Å². The molecular weight excluding hydrogens is 461 g/mol. The fourth-order valence-corrected chi connectivity index (χ4v) is 4.10. The Kier molecular flexibility index (Phi) is 9.61. The van der Waals surface area contributed by atoms with Crippen LogP contribution in [0.25, 0.3) is 11.4 Å². The van der Waals surface area contributed by atoms with Gasteiger partial charge < -0.3 is 24.8 Å². The van der Waals surface area contributed by atoms with E-state index in [-0.39, 0.29) is 24.1 Å². The predicted octanol–water partition coefficient (Wildman–Crippen LogP) is 4.48. The Morgan fingerprint density at radius 1 is 1.11 bits per heavy atom. The Morgan fingerprint density at radius 2 is 1.78 bits per heavy atom. The van der Waals surface area contributed by atoms with Gasteiger partial charge in [0.2, 0.25) is 0 Å². The highest BCUT2D eigenvalue weighted by Gasteiger charge is 2.25. The number of carbonyl (C=O) groups is 1. The van der Waals surface area contributed by atoms with Gasteiger partial charge in [-0.3, -0.25) is 4.79 Å². The second-order valence-electron chi connectivity index (χ2n) is 9.13. The topological polar surface area (TPSA) is 96.6 Å². The third-order valence-corrected chi connectivity index (χ3v) is 6.05. The van der Waals surface area contributed by atoms with Gasteiger partial charge in [-0.15, -0.1) is 0 Å². The molecule has 0 saturated carbocycles. The lowest BCUT2D eigenvalue weighted by Crippen LogP contribution is -2.25. The molecule has 0 fully saturated rings. The number of halogens is 1. The van der Waals surface area contributed by atoms with E-state index in [9.17, 15) is 19.4 Å². The van der Waals surface area contributed by atoms with Crippen LogP contribution in [-0.2, 0) is 13.1 Å². The second-order valence-corrected chi connectivity index (χ2v) is 9.13. The van der Waals surface area contributed by atoms with Gasteiger partial charge in [-0.2, -0.15) is 0 Å². The number of methoxy groups -OCH3 is 1. The Morgan fingerprint density at radius 3 is 2.36 bits per heavy atom. The molecule has 0 saturated heterocycles. The molecule has 8 heteroatoms. The van der Waals surface area contributed by atoms with E-state index in [0.29, 0.717) is 43.0 Å². The number of carbonyl (C=O) groups excluding carboxylic acids is 1. The van der Waals surface area contributed by atoms with Gasteiger partial charge in [0.25, 0.3) is 5.91 Å². The lowest BCUT2D eigenvalue weighted by molar-refractivity contribution is 0.0742. The summed E-state index contributed by atoms with van der Waals surface area (Å²) in [5.41, 5.74) is 2.61. The number of aliphatic hydroxyl groups is 2. The van der Waals surface area contributed by atoms with Gasteiger partial charge in [0.1, 0.15) is 23.1 Å². The van der Waals surface area contributed by atoms with Crippen molar-refractivity contribution in [1.29, 1.82) is 0 Å². The van der Waals surface area contributed by atoms with Crippen molar-refractivity contribution in [2.75, 3.05) is 7.11 Å². The summed E-state index contributed by atoms with van der Waals surface area (Å²) in [5.74, 6) is 0.537. The number of imidazole rings is 1. The maximum Gasteiger partial charge on any atom is 0.272 e. The number of ether oxygens (including phenoxy) is 1. The average Bonchev–Trinajstić information content (AvgIpc) is 3.26. The number of hydrogen-bond donors (Lipinski definition) is 3. The number of aliphatic hydroxyl groups excluding tert-OH is 2. The van der Waals surface area contributed by atoms with Crippen molar-refractivity contribution in [3.63, 3.8) is 0 Å². The van der Waals surface area contributed by atoms with E-state index < -0.39 is 12.2 Å². The molecule has 7 nitrogen and oxygen atoms in total. The fourth-order valence-electron chi connectivity index (χ4n) is 4.10. The monoisotopic (exact) mass is 496 g/mol. The van der Waals surface area contributed by atoms with Gasteiger partial charge in [-0.05, 0) is 67.1 Å². The van der Waals surface area contributed by atoms with E-state index >= 15 is 0 Å². The summed E-state index contributed by atoms with van der Waals surface area (Å²) in [6.07, 6.45) is -0.524. The molecule has 0 bridgehead atoms. The quantitative estimate of drug-likeness (QED) is 0.344. The molecule has 0 aliphatic rings. The SMILES string of the molecule is [CH2]CC(O)CC(O)CCn1c(-c2ccc(F)cc2)nc(C(=O)NCc2ccc(OC)cc2)c1C(C)C. The van der Waals surface area contributed by atoms with E-state index in [4.69, 9.17) is 9.72 Å². The highest BCUT2D eigenvalue weighted by atomic mass is 19.1. The Hall–Kier alpha value is -3.23. The van der Waals surface area contributed by atoms with Crippen molar-refractivity contribution in [2.45, 2.75) is 64.3 Å². The van der Waals surface area contributed by atoms with E-state index in [1.165, 1.54) is 12.1 Å². The number of amides is 1. The minimum atomic E-state index is -0.738. The average molecular weight is 497 g/mol. The molecule has 3 rings (SSSR count). The van der Waals surface area contributed by atoms with Gasteiger partial charge in [-0.1, -0.05) is 32.9 Å². The zero-order valence-electron chi connectivity index (χ0n) is 21.1. The van der Waals surface area contributed by atoms with Crippen LogP contribution in [0, 0.1) is 12.7 Å². The van der Waals surface area contributed by atoms with Crippen LogP contribution in [-0.4, -0.2) is 45.0 Å². The van der Waals surface area contributed by atoms with E-state index in [2.05, 4.69) is 12.2 Å². The summed E-state index contributed by atoms with van der Waals surface area (Å²) >= 11 is 0.